The summed E-state index contributed by atoms with van der Waals surface area (Å²) in [5.74, 6) is -0.108. The number of unbranched alkanes of at least 4 members (excludes halogenated alkanes) is 1. The Labute approximate surface area is 364 Å². The van der Waals surface area contributed by atoms with Crippen molar-refractivity contribution >= 4 is 17.5 Å². The van der Waals surface area contributed by atoms with Crippen molar-refractivity contribution in [2.24, 2.45) is 5.92 Å². The first-order valence-electron chi connectivity index (χ1n) is 21.3. The largest absolute Gasteiger partial charge is 0.489 e. The average Bonchev–Trinajstić information content (AvgIpc) is 3.85. The summed E-state index contributed by atoms with van der Waals surface area (Å²) in [4.78, 5) is 15.6. The fourth-order valence-electron chi connectivity index (χ4n) is 8.20. The predicted octanol–water partition coefficient (Wildman–Crippen LogP) is 9.69. The van der Waals surface area contributed by atoms with Crippen molar-refractivity contribution in [2.45, 2.75) is 96.4 Å². The number of piperidine rings is 1. The Morgan fingerprint density at radius 3 is 2.35 bits per heavy atom. The van der Waals surface area contributed by atoms with E-state index in [1.54, 1.807) is 6.07 Å². The third-order valence-electron chi connectivity index (χ3n) is 11.5. The molecule has 7 rings (SSSR count). The van der Waals surface area contributed by atoms with Gasteiger partial charge < -0.3 is 29.5 Å². The van der Waals surface area contributed by atoms with Gasteiger partial charge >= 0.3 is 6.18 Å². The van der Waals surface area contributed by atoms with E-state index in [-0.39, 0.29) is 36.5 Å². The third kappa shape index (κ3) is 11.3. The van der Waals surface area contributed by atoms with Crippen molar-refractivity contribution in [3.63, 3.8) is 0 Å². The summed E-state index contributed by atoms with van der Waals surface area (Å²) < 4.78 is 74.2. The smallest absolute Gasteiger partial charge is 0.419 e. The Hall–Kier alpha value is -5.11. The highest BCUT2D eigenvalue weighted by Gasteiger charge is 2.46. The summed E-state index contributed by atoms with van der Waals surface area (Å²) >= 11 is 6.11. The van der Waals surface area contributed by atoms with Crippen LogP contribution in [0.3, 0.4) is 0 Å². The van der Waals surface area contributed by atoms with E-state index in [0.717, 1.165) is 90.1 Å². The summed E-state index contributed by atoms with van der Waals surface area (Å²) in [6, 6.07) is 22.3. The minimum atomic E-state index is -4.80. The highest BCUT2D eigenvalue weighted by atomic mass is 35.5. The third-order valence-corrected chi connectivity index (χ3v) is 11.8. The second-order valence-corrected chi connectivity index (χ2v) is 16.9. The number of rotatable bonds is 18. The fourth-order valence-corrected chi connectivity index (χ4v) is 8.33. The number of aromatic nitrogens is 2. The summed E-state index contributed by atoms with van der Waals surface area (Å²) in [5, 5.41) is 17.6. The van der Waals surface area contributed by atoms with E-state index in [9.17, 15) is 27.5 Å². The lowest BCUT2D eigenvalue weighted by atomic mass is 9.86. The maximum atomic E-state index is 13.8. The van der Waals surface area contributed by atoms with Gasteiger partial charge in [0.25, 0.3) is 5.79 Å². The van der Waals surface area contributed by atoms with Crippen LogP contribution in [0, 0.1) is 11.7 Å². The van der Waals surface area contributed by atoms with Crippen LogP contribution < -0.4 is 19.5 Å². The van der Waals surface area contributed by atoms with Crippen LogP contribution in [0.15, 0.2) is 91.3 Å². The lowest BCUT2D eigenvalue weighted by Crippen LogP contribution is -2.52. The van der Waals surface area contributed by atoms with E-state index in [1.807, 2.05) is 58.2 Å². The number of aliphatic hydroxyl groups excluding tert-OH is 1. The fraction of sp³-hybridized carbons (Fsp3) is 0.417. The molecule has 1 amide bonds. The Balaban J connectivity index is 0.858. The number of hydrogen-bond donors (Lipinski definition) is 2. The molecule has 2 aliphatic heterocycles. The number of alkyl halides is 3. The van der Waals surface area contributed by atoms with E-state index < -0.39 is 23.3 Å². The lowest BCUT2D eigenvalue weighted by molar-refractivity contribution is -0.148. The van der Waals surface area contributed by atoms with Gasteiger partial charge in [-0.3, -0.25) is 9.48 Å². The zero-order valence-electron chi connectivity index (χ0n) is 35.0. The molecular weight excluding hydrogens is 824 g/mol. The molecule has 1 atom stereocenters. The monoisotopic (exact) mass is 876 g/mol. The molecule has 0 aliphatic carbocycles. The molecule has 2 aliphatic rings. The maximum Gasteiger partial charge on any atom is 0.419 e. The zero-order valence-corrected chi connectivity index (χ0v) is 35.8. The van der Waals surface area contributed by atoms with E-state index in [1.165, 1.54) is 6.07 Å². The van der Waals surface area contributed by atoms with Gasteiger partial charge in [-0.05, 0) is 108 Å². The quantitative estimate of drug-likeness (QED) is 0.0669. The first kappa shape index (κ1) is 44.9. The molecule has 1 unspecified atom stereocenters. The normalized spacial score (nSPS) is 15.1. The number of fused-ring (bicyclic) bond motifs is 1. The van der Waals surface area contributed by atoms with E-state index in [4.69, 9.17) is 25.8 Å². The number of likely N-dealkylation sites (tertiary alicyclic amines) is 1. The van der Waals surface area contributed by atoms with Crippen LogP contribution in [-0.2, 0) is 49.9 Å². The molecule has 3 heterocycles. The summed E-state index contributed by atoms with van der Waals surface area (Å²) in [6.45, 7) is 6.58. The van der Waals surface area contributed by atoms with Gasteiger partial charge in [0.15, 0.2) is 11.5 Å². The number of amides is 1. The number of carbonyl (C=O) groups is 1. The first-order valence-corrected chi connectivity index (χ1v) is 21.7. The Morgan fingerprint density at radius 1 is 0.903 bits per heavy atom. The number of halogens is 5. The zero-order chi connectivity index (χ0) is 43.9. The topological polar surface area (TPSA) is 98.1 Å². The van der Waals surface area contributed by atoms with Crippen molar-refractivity contribution in [3.05, 3.63) is 141 Å². The number of nitrogens with one attached hydrogen (secondary N) is 1. The summed E-state index contributed by atoms with van der Waals surface area (Å²) in [7, 11) is 0. The van der Waals surface area contributed by atoms with Gasteiger partial charge in [-0.2, -0.15) is 18.3 Å². The van der Waals surface area contributed by atoms with Crippen LogP contribution in [0.2, 0.25) is 5.02 Å². The van der Waals surface area contributed by atoms with Crippen molar-refractivity contribution in [3.8, 4) is 17.2 Å². The van der Waals surface area contributed by atoms with Crippen molar-refractivity contribution in [1.82, 2.24) is 20.0 Å². The van der Waals surface area contributed by atoms with Crippen LogP contribution in [0.4, 0.5) is 17.6 Å². The molecule has 62 heavy (non-hydrogen) atoms. The van der Waals surface area contributed by atoms with Gasteiger partial charge in [-0.1, -0.05) is 61.8 Å². The molecule has 4 aromatic carbocycles. The van der Waals surface area contributed by atoms with Crippen molar-refractivity contribution in [2.75, 3.05) is 26.2 Å². The number of aliphatic hydroxyl groups is 1. The Bertz CT molecular complexity index is 2290. The molecule has 0 saturated carbocycles. The van der Waals surface area contributed by atoms with Crippen LogP contribution >= 0.6 is 11.6 Å². The van der Waals surface area contributed by atoms with Gasteiger partial charge in [0.2, 0.25) is 5.91 Å². The van der Waals surface area contributed by atoms with Crippen LogP contribution in [0.25, 0.3) is 0 Å². The Morgan fingerprint density at radius 2 is 1.61 bits per heavy atom. The van der Waals surface area contributed by atoms with Gasteiger partial charge in [0, 0.05) is 62.3 Å². The molecule has 330 valence electrons. The SMILES string of the molecule is CC(C)C(C(=O)N1CCC2(CC1)Oc1ccc(CCc3cnn(CCCCc4ccc(OCc5ccc(F)c(C(F)(F)F)c5)c(CNCCO)c4)c3)cc1O2)c1ccc(Cl)cc1. The lowest BCUT2D eigenvalue weighted by Gasteiger charge is -2.39. The van der Waals surface area contributed by atoms with Crippen LogP contribution in [0.1, 0.15) is 84.4 Å². The summed E-state index contributed by atoms with van der Waals surface area (Å²) in [5.41, 5.74) is 4.03. The molecule has 14 heteroatoms. The molecule has 1 fully saturated rings. The number of hydrogen-bond acceptors (Lipinski definition) is 7. The molecule has 1 spiro atoms. The molecule has 0 radical (unpaired) electrons. The predicted molar refractivity (Wildman–Crippen MR) is 229 cm³/mol. The van der Waals surface area contributed by atoms with E-state index >= 15 is 0 Å². The number of carbonyl (C=O) groups excluding carboxylic acids is 1. The molecule has 9 nitrogen and oxygen atoms in total. The standard InChI is InChI=1S/C48H53ClF4N4O5/c1-32(2)45(37-11-13-39(49)14-12-37)46(59)56-22-18-47(19-23-56)61-43-17-10-34(27-44(43)62-47)6-7-36-28-55-57(30-36)21-4-3-5-33-9-16-42(38(25-33)29-54-20-24-58)60-31-35-8-15-41(50)40(26-35)48(51,52)53/h8-17,25-28,30,32,45,54,58H,3-7,18-24,29,31H2,1-2H3. The summed E-state index contributed by atoms with van der Waals surface area (Å²) in [6.07, 6.45) is 4.61. The molecule has 2 N–H and O–H groups in total. The van der Waals surface area contributed by atoms with Gasteiger partial charge in [-0.25, -0.2) is 4.39 Å². The molecular formula is C48H53ClF4N4O5. The van der Waals surface area contributed by atoms with Gasteiger partial charge in [0.05, 0.1) is 24.3 Å². The Kier molecular flexibility index (Phi) is 14.5. The first-order chi connectivity index (χ1) is 29.8. The highest BCUT2D eigenvalue weighted by Crippen LogP contribution is 2.45. The second kappa shape index (κ2) is 19.9. The number of benzene rings is 4. The number of ether oxygens (including phenoxy) is 3. The average molecular weight is 877 g/mol. The second-order valence-electron chi connectivity index (χ2n) is 16.5. The number of aryl methyl sites for hydroxylation is 4. The molecule has 0 bridgehead atoms. The maximum absolute atomic E-state index is 13.8. The van der Waals surface area contributed by atoms with Crippen LogP contribution in [0.5, 0.6) is 17.2 Å². The van der Waals surface area contributed by atoms with Crippen molar-refractivity contribution < 1.29 is 41.7 Å². The van der Waals surface area contributed by atoms with Gasteiger partial charge in [0.1, 0.15) is 18.2 Å². The van der Waals surface area contributed by atoms with Crippen molar-refractivity contribution in [1.29, 1.82) is 0 Å². The molecule has 1 aromatic heterocycles. The van der Waals surface area contributed by atoms with Gasteiger partial charge in [-0.15, -0.1) is 0 Å². The van der Waals surface area contributed by atoms with E-state index in [2.05, 4.69) is 42.6 Å². The van der Waals surface area contributed by atoms with Crippen LogP contribution in [-0.4, -0.2) is 57.7 Å². The molecule has 1 saturated heterocycles. The highest BCUT2D eigenvalue weighted by molar-refractivity contribution is 6.30. The molecule has 5 aromatic rings. The minimum absolute atomic E-state index is 0.0436. The minimum Gasteiger partial charge on any atom is -0.489 e. The number of nitrogens with zero attached hydrogens (tertiary/aromatic N) is 3. The van der Waals surface area contributed by atoms with E-state index in [0.29, 0.717) is 49.8 Å².